The molecule has 6 heteroatoms. The summed E-state index contributed by atoms with van der Waals surface area (Å²) in [5.74, 6) is 0.741. The highest BCUT2D eigenvalue weighted by atomic mass is 16.5. The maximum Gasteiger partial charge on any atom is 0.155 e. The van der Waals surface area contributed by atoms with Gasteiger partial charge in [0.15, 0.2) is 12.1 Å². The molecular weight excluding hydrogens is 232 g/mol. The molecular formula is C12H12N4O2. The first-order valence-corrected chi connectivity index (χ1v) is 5.19. The summed E-state index contributed by atoms with van der Waals surface area (Å²) in [6, 6.07) is 3.49. The molecule has 0 saturated carbocycles. The van der Waals surface area contributed by atoms with Gasteiger partial charge < -0.3 is 10.5 Å². The molecule has 0 aromatic carbocycles. The van der Waals surface area contributed by atoms with E-state index in [4.69, 9.17) is 15.7 Å². The van der Waals surface area contributed by atoms with Crippen LogP contribution < -0.4 is 10.5 Å². The van der Waals surface area contributed by atoms with Crippen LogP contribution in [-0.2, 0) is 4.79 Å². The lowest BCUT2D eigenvalue weighted by Gasteiger charge is -2.04. The Hall–Kier alpha value is -2.68. The molecule has 0 aliphatic rings. The predicted octanol–water partition coefficient (Wildman–Crippen LogP) is 1.10. The van der Waals surface area contributed by atoms with E-state index in [0.717, 1.165) is 6.20 Å². The second kappa shape index (κ2) is 6.81. The smallest absolute Gasteiger partial charge is 0.155 e. The Morgan fingerprint density at radius 3 is 3.06 bits per heavy atom. The van der Waals surface area contributed by atoms with Gasteiger partial charge in [0.05, 0.1) is 12.8 Å². The topological polar surface area (TPSA) is 101 Å². The van der Waals surface area contributed by atoms with Crippen LogP contribution in [0.4, 0.5) is 5.82 Å². The maximum absolute atomic E-state index is 10.5. The number of nitrogens with two attached hydrogens (primary N) is 1. The van der Waals surface area contributed by atoms with Crippen LogP contribution in [0.3, 0.4) is 0 Å². The highest BCUT2D eigenvalue weighted by Crippen LogP contribution is 2.21. The normalized spacial score (nSPS) is 11.2. The van der Waals surface area contributed by atoms with Crippen LogP contribution in [0.5, 0.6) is 5.75 Å². The Morgan fingerprint density at radius 1 is 1.72 bits per heavy atom. The van der Waals surface area contributed by atoms with Gasteiger partial charge in [-0.2, -0.15) is 5.26 Å². The summed E-state index contributed by atoms with van der Waals surface area (Å²) in [5.41, 5.74) is 5.77. The molecule has 1 rings (SSSR count). The number of allylic oxidation sites excluding steroid dienone is 1. The van der Waals surface area contributed by atoms with Crippen molar-refractivity contribution < 1.29 is 9.53 Å². The van der Waals surface area contributed by atoms with E-state index >= 15 is 0 Å². The van der Waals surface area contributed by atoms with Gasteiger partial charge in [-0.25, -0.2) is 9.98 Å². The third kappa shape index (κ3) is 3.42. The van der Waals surface area contributed by atoms with Gasteiger partial charge in [-0.05, 0) is 6.92 Å². The number of aldehydes is 1. The second-order valence-electron chi connectivity index (χ2n) is 3.13. The molecule has 0 aliphatic carbocycles. The Morgan fingerprint density at radius 2 is 2.50 bits per heavy atom. The average molecular weight is 244 g/mol. The number of ether oxygens (including phenoxy) is 1. The third-order valence-electron chi connectivity index (χ3n) is 1.95. The molecule has 0 aliphatic heterocycles. The van der Waals surface area contributed by atoms with Crippen molar-refractivity contribution in [1.82, 2.24) is 4.98 Å². The molecule has 0 bridgehead atoms. The molecule has 0 fully saturated rings. The first kappa shape index (κ1) is 13.4. The van der Waals surface area contributed by atoms with E-state index in [-0.39, 0.29) is 5.57 Å². The van der Waals surface area contributed by atoms with E-state index in [1.807, 2.05) is 13.0 Å². The average Bonchev–Trinajstić information content (AvgIpc) is 2.40. The van der Waals surface area contributed by atoms with E-state index in [1.165, 1.54) is 18.5 Å². The van der Waals surface area contributed by atoms with Crippen molar-refractivity contribution in [2.75, 3.05) is 6.61 Å². The minimum Gasteiger partial charge on any atom is -0.492 e. The van der Waals surface area contributed by atoms with Crippen molar-refractivity contribution >= 4 is 18.3 Å². The molecule has 0 amide bonds. The minimum atomic E-state index is 0.235. The summed E-state index contributed by atoms with van der Waals surface area (Å²) >= 11 is 0. The quantitative estimate of drug-likeness (QED) is 0.474. The Balaban J connectivity index is 3.02. The molecule has 0 saturated heterocycles. The van der Waals surface area contributed by atoms with Gasteiger partial charge in [-0.15, -0.1) is 0 Å². The van der Waals surface area contributed by atoms with Crippen LogP contribution >= 0.6 is 0 Å². The number of hydrogen-bond acceptors (Lipinski definition) is 6. The van der Waals surface area contributed by atoms with E-state index < -0.39 is 0 Å². The molecule has 0 spiro atoms. The summed E-state index contributed by atoms with van der Waals surface area (Å²) in [4.78, 5) is 18.4. The first-order valence-electron chi connectivity index (χ1n) is 5.19. The number of carbonyl (C=O) groups excluding carboxylic acids is 1. The fourth-order valence-corrected chi connectivity index (χ4v) is 1.11. The van der Waals surface area contributed by atoms with Gasteiger partial charge in [0.1, 0.15) is 17.4 Å². The number of rotatable bonds is 5. The lowest BCUT2D eigenvalue weighted by Crippen LogP contribution is -1.95. The fourth-order valence-electron chi connectivity index (χ4n) is 1.11. The zero-order valence-corrected chi connectivity index (χ0v) is 9.83. The molecule has 0 atom stereocenters. The maximum atomic E-state index is 10.5. The van der Waals surface area contributed by atoms with Crippen molar-refractivity contribution in [2.45, 2.75) is 6.92 Å². The number of carbonyl (C=O) groups is 1. The highest BCUT2D eigenvalue weighted by molar-refractivity contribution is 6.02. The van der Waals surface area contributed by atoms with Crippen LogP contribution in [0.15, 0.2) is 29.0 Å². The lowest BCUT2D eigenvalue weighted by molar-refractivity contribution is -0.104. The minimum absolute atomic E-state index is 0.235. The summed E-state index contributed by atoms with van der Waals surface area (Å²) in [6.45, 7) is 2.25. The van der Waals surface area contributed by atoms with Gasteiger partial charge >= 0.3 is 0 Å². The zero-order valence-electron chi connectivity index (χ0n) is 9.83. The first-order chi connectivity index (χ1) is 8.74. The largest absolute Gasteiger partial charge is 0.492 e. The van der Waals surface area contributed by atoms with Crippen LogP contribution in [0.2, 0.25) is 0 Å². The van der Waals surface area contributed by atoms with E-state index in [9.17, 15) is 4.79 Å². The number of aliphatic imine (C=N–C) groups is 1. The van der Waals surface area contributed by atoms with Gasteiger partial charge in [0, 0.05) is 24.1 Å². The van der Waals surface area contributed by atoms with Crippen molar-refractivity contribution in [1.29, 1.82) is 5.26 Å². The molecule has 1 aromatic heterocycles. The van der Waals surface area contributed by atoms with Crippen LogP contribution in [-0.4, -0.2) is 24.1 Å². The molecule has 2 N–H and O–H groups in total. The molecule has 1 heterocycles. The Kier molecular flexibility index (Phi) is 5.06. The summed E-state index contributed by atoms with van der Waals surface area (Å²) in [6.07, 6.45) is 4.38. The van der Waals surface area contributed by atoms with E-state index in [1.54, 1.807) is 0 Å². The van der Waals surface area contributed by atoms with Crippen molar-refractivity contribution in [3.8, 4) is 11.8 Å². The van der Waals surface area contributed by atoms with E-state index in [2.05, 4.69) is 9.98 Å². The highest BCUT2D eigenvalue weighted by Gasteiger charge is 2.04. The van der Waals surface area contributed by atoms with Gasteiger partial charge in [0.25, 0.3) is 0 Å². The summed E-state index contributed by atoms with van der Waals surface area (Å²) < 4.78 is 5.28. The molecule has 0 unspecified atom stereocenters. The number of hydrogen-bond donors (Lipinski definition) is 1. The van der Waals surface area contributed by atoms with Crippen LogP contribution in [0.25, 0.3) is 0 Å². The van der Waals surface area contributed by atoms with Gasteiger partial charge in [0.2, 0.25) is 0 Å². The second-order valence-corrected chi connectivity index (χ2v) is 3.13. The molecule has 18 heavy (non-hydrogen) atoms. The van der Waals surface area contributed by atoms with Gasteiger partial charge in [-0.1, -0.05) is 0 Å². The Labute approximate surface area is 104 Å². The lowest BCUT2D eigenvalue weighted by atomic mass is 10.3. The number of nitrogens with zero attached hydrogens (tertiary/aromatic N) is 3. The molecule has 92 valence electrons. The monoisotopic (exact) mass is 244 g/mol. The summed E-state index contributed by atoms with van der Waals surface area (Å²) in [7, 11) is 0. The molecule has 0 radical (unpaired) electrons. The van der Waals surface area contributed by atoms with Crippen molar-refractivity contribution in [2.24, 2.45) is 10.7 Å². The van der Waals surface area contributed by atoms with Crippen molar-refractivity contribution in [3.05, 3.63) is 29.6 Å². The van der Waals surface area contributed by atoms with Crippen LogP contribution in [0.1, 0.15) is 12.5 Å². The summed E-state index contributed by atoms with van der Waals surface area (Å²) in [5, 5.41) is 8.85. The fraction of sp³-hybridized carbons (Fsp3) is 0.167. The zero-order chi connectivity index (χ0) is 13.4. The SMILES string of the molecule is CCOc1cc(N=C/C(C=O)=C\N)ncc1C#N. The predicted molar refractivity (Wildman–Crippen MR) is 66.6 cm³/mol. The number of nitriles is 1. The standard InChI is InChI=1S/C12H12N4O2/c1-2-18-11-3-12(16-7-10(11)5-14)15-6-9(4-13)8-17/h3-4,6-8H,2,13H2,1H3/b9-4+,15-6?. The molecule has 1 aromatic rings. The van der Waals surface area contributed by atoms with Gasteiger partial charge in [-0.3, -0.25) is 4.79 Å². The molecule has 6 nitrogen and oxygen atoms in total. The number of aromatic nitrogens is 1. The van der Waals surface area contributed by atoms with E-state index in [0.29, 0.717) is 30.0 Å². The number of pyridine rings is 1. The Bertz CT molecular complexity index is 529. The van der Waals surface area contributed by atoms with Crippen LogP contribution in [0, 0.1) is 11.3 Å². The third-order valence-corrected chi connectivity index (χ3v) is 1.95. The van der Waals surface area contributed by atoms with Crippen molar-refractivity contribution in [3.63, 3.8) is 0 Å².